The lowest BCUT2D eigenvalue weighted by Gasteiger charge is -2.44. The topological polar surface area (TPSA) is 0 Å². The van der Waals surface area contributed by atoms with Crippen molar-refractivity contribution in [3.8, 4) is 0 Å². The zero-order chi connectivity index (χ0) is 18.2. The molecule has 130 valence electrons. The molecule has 2 aromatic rings. The van der Waals surface area contributed by atoms with Crippen molar-refractivity contribution < 1.29 is 0 Å². The molecule has 0 unspecified atom stereocenters. The maximum absolute atomic E-state index is 2.48. The second-order valence-corrected chi connectivity index (χ2v) is 8.83. The number of rotatable bonds is 5. The van der Waals surface area contributed by atoms with Crippen molar-refractivity contribution in [2.24, 2.45) is 0 Å². The predicted molar refractivity (Wildman–Crippen MR) is 116 cm³/mol. The third kappa shape index (κ3) is 2.88. The van der Waals surface area contributed by atoms with Crippen LogP contribution in [0, 0.1) is 0 Å². The lowest BCUT2D eigenvalue weighted by molar-refractivity contribution is 0.560. The van der Waals surface area contributed by atoms with Crippen LogP contribution in [0.15, 0.2) is 48.5 Å². The first-order chi connectivity index (χ1) is 11.9. The summed E-state index contributed by atoms with van der Waals surface area (Å²) in [5, 5.41) is 0.555. The first kappa shape index (κ1) is 18.4. The molecule has 0 saturated heterocycles. The summed E-state index contributed by atoms with van der Waals surface area (Å²) in [6.07, 6.45) is 3.60. The summed E-state index contributed by atoms with van der Waals surface area (Å²) in [7, 11) is 0. The molecule has 2 heteroatoms. The highest BCUT2D eigenvalue weighted by Gasteiger charge is 2.47. The summed E-state index contributed by atoms with van der Waals surface area (Å²) >= 11 is 0. The van der Waals surface area contributed by atoms with Crippen LogP contribution in [0.3, 0.4) is 0 Å². The van der Waals surface area contributed by atoms with Crippen molar-refractivity contribution in [3.05, 3.63) is 48.5 Å². The Morgan fingerprint density at radius 1 is 0.600 bits per heavy atom. The SMILES string of the molecule is CCC(C)(C)B1c2ccccc2B(C(C)(CC)CC)c2ccccc21. The van der Waals surface area contributed by atoms with Crippen molar-refractivity contribution in [3.63, 3.8) is 0 Å². The maximum atomic E-state index is 2.48. The lowest BCUT2D eigenvalue weighted by atomic mass is 9.13. The Morgan fingerprint density at radius 2 is 0.960 bits per heavy atom. The molecule has 0 radical (unpaired) electrons. The Bertz CT molecular complexity index is 696. The van der Waals surface area contributed by atoms with Crippen LogP contribution in [0.1, 0.15) is 60.8 Å². The van der Waals surface area contributed by atoms with Crippen LogP contribution in [-0.2, 0) is 0 Å². The van der Waals surface area contributed by atoms with E-state index in [-0.39, 0.29) is 5.31 Å². The first-order valence-electron chi connectivity index (χ1n) is 10.1. The normalized spacial score (nSPS) is 14.3. The van der Waals surface area contributed by atoms with E-state index in [1.54, 1.807) is 21.9 Å². The molecule has 1 aliphatic rings. The van der Waals surface area contributed by atoms with Crippen LogP contribution in [-0.4, -0.2) is 13.4 Å². The van der Waals surface area contributed by atoms with Crippen molar-refractivity contribution in [2.75, 3.05) is 0 Å². The molecule has 3 rings (SSSR count). The van der Waals surface area contributed by atoms with Crippen molar-refractivity contribution in [1.29, 1.82) is 0 Å². The van der Waals surface area contributed by atoms with E-state index in [1.807, 2.05) is 0 Å². The minimum atomic E-state index is 0.256. The average molecular weight is 330 g/mol. The third-order valence-electron chi connectivity index (χ3n) is 7.24. The highest BCUT2D eigenvalue weighted by atomic mass is 14.2. The van der Waals surface area contributed by atoms with E-state index >= 15 is 0 Å². The summed E-state index contributed by atoms with van der Waals surface area (Å²) in [5.41, 5.74) is 6.26. The largest absolute Gasteiger partial charge is 0.213 e. The standard InChI is InChI=1S/C23H32B2/c1-7-22(4,5)24-18-14-10-12-16-20(18)25(23(6,8-2)9-3)21-17-13-11-15-19(21)24/h10-17H,7-9H2,1-6H3. The zero-order valence-electron chi connectivity index (χ0n) is 16.9. The second-order valence-electron chi connectivity index (χ2n) is 8.83. The van der Waals surface area contributed by atoms with Gasteiger partial charge in [-0.15, -0.1) is 0 Å². The molecule has 1 heterocycles. The second kappa shape index (κ2) is 6.71. The van der Waals surface area contributed by atoms with Gasteiger partial charge in [-0.3, -0.25) is 0 Å². The van der Waals surface area contributed by atoms with E-state index in [0.717, 1.165) is 0 Å². The molecule has 2 aromatic carbocycles. The summed E-state index contributed by atoms with van der Waals surface area (Å²) in [5.74, 6) is 0. The number of fused-ring (bicyclic) bond motifs is 2. The molecular formula is C23H32B2. The third-order valence-corrected chi connectivity index (χ3v) is 7.24. The van der Waals surface area contributed by atoms with Crippen molar-refractivity contribution in [2.45, 2.75) is 71.4 Å². The van der Waals surface area contributed by atoms with E-state index < -0.39 is 0 Å². The van der Waals surface area contributed by atoms with Gasteiger partial charge >= 0.3 is 0 Å². The van der Waals surface area contributed by atoms with Crippen molar-refractivity contribution in [1.82, 2.24) is 0 Å². The van der Waals surface area contributed by atoms with E-state index in [0.29, 0.717) is 18.7 Å². The quantitative estimate of drug-likeness (QED) is 0.728. The van der Waals surface area contributed by atoms with Crippen LogP contribution < -0.4 is 21.9 Å². The number of hydrogen-bond donors (Lipinski definition) is 0. The van der Waals surface area contributed by atoms with Gasteiger partial charge in [-0.25, -0.2) is 0 Å². The minimum absolute atomic E-state index is 0.256. The number of benzene rings is 2. The molecule has 0 amide bonds. The maximum Gasteiger partial charge on any atom is 0.213 e. The van der Waals surface area contributed by atoms with E-state index in [1.165, 1.54) is 19.3 Å². The zero-order valence-corrected chi connectivity index (χ0v) is 16.9. The molecular weight excluding hydrogens is 298 g/mol. The highest BCUT2D eigenvalue weighted by molar-refractivity contribution is 7.04. The first-order valence-corrected chi connectivity index (χ1v) is 10.1. The molecule has 0 nitrogen and oxygen atoms in total. The van der Waals surface area contributed by atoms with E-state index in [9.17, 15) is 0 Å². The average Bonchev–Trinajstić information content (AvgIpc) is 2.65. The fraction of sp³-hybridized carbons (Fsp3) is 0.478. The molecule has 0 saturated carbocycles. The fourth-order valence-corrected chi connectivity index (χ4v) is 4.86. The van der Waals surface area contributed by atoms with Gasteiger partial charge in [-0.05, 0) is 10.6 Å². The van der Waals surface area contributed by atoms with Gasteiger partial charge in [0.2, 0.25) is 13.4 Å². The minimum Gasteiger partial charge on any atom is -0.0786 e. The Labute approximate surface area is 155 Å². The van der Waals surface area contributed by atoms with Gasteiger partial charge in [0.1, 0.15) is 0 Å². The Balaban J connectivity index is 2.32. The van der Waals surface area contributed by atoms with Gasteiger partial charge in [-0.2, -0.15) is 0 Å². The molecule has 0 aromatic heterocycles. The van der Waals surface area contributed by atoms with Gasteiger partial charge in [0.15, 0.2) is 0 Å². The molecule has 1 aliphatic heterocycles. The predicted octanol–water partition coefficient (Wildman–Crippen LogP) is 3.99. The summed E-state index contributed by atoms with van der Waals surface area (Å²) in [6.45, 7) is 15.4. The van der Waals surface area contributed by atoms with E-state index in [2.05, 4.69) is 90.1 Å². The Kier molecular flexibility index (Phi) is 4.93. The smallest absolute Gasteiger partial charge is 0.0786 e. The van der Waals surface area contributed by atoms with Crippen LogP contribution in [0.25, 0.3) is 0 Å². The molecule has 0 aliphatic carbocycles. The Hall–Kier alpha value is -1.43. The molecule has 0 bridgehead atoms. The van der Waals surface area contributed by atoms with Gasteiger partial charge in [0.05, 0.1) is 0 Å². The van der Waals surface area contributed by atoms with Crippen LogP contribution in [0.4, 0.5) is 0 Å². The molecule has 0 N–H and O–H groups in total. The molecule has 25 heavy (non-hydrogen) atoms. The fourth-order valence-electron chi connectivity index (χ4n) is 4.86. The van der Waals surface area contributed by atoms with Gasteiger partial charge in [0.25, 0.3) is 0 Å². The van der Waals surface area contributed by atoms with Gasteiger partial charge in [-0.1, -0.05) is 131 Å². The van der Waals surface area contributed by atoms with Crippen molar-refractivity contribution >= 4 is 35.3 Å². The van der Waals surface area contributed by atoms with Gasteiger partial charge < -0.3 is 0 Å². The summed E-state index contributed by atoms with van der Waals surface area (Å²) < 4.78 is 0. The van der Waals surface area contributed by atoms with Crippen LogP contribution >= 0.6 is 0 Å². The van der Waals surface area contributed by atoms with Crippen LogP contribution in [0.5, 0.6) is 0 Å². The molecule has 0 atom stereocenters. The monoisotopic (exact) mass is 330 g/mol. The Morgan fingerprint density at radius 3 is 1.28 bits per heavy atom. The summed E-state index contributed by atoms with van der Waals surface area (Å²) in [4.78, 5) is 0. The lowest BCUT2D eigenvalue weighted by Crippen LogP contribution is -2.73. The number of hydrogen-bond acceptors (Lipinski definition) is 0. The van der Waals surface area contributed by atoms with Gasteiger partial charge in [0, 0.05) is 0 Å². The molecule has 0 fully saturated rings. The molecule has 0 spiro atoms. The van der Waals surface area contributed by atoms with E-state index in [4.69, 9.17) is 0 Å². The summed E-state index contributed by atoms with van der Waals surface area (Å²) in [6, 6.07) is 18.5. The highest BCUT2D eigenvalue weighted by Crippen LogP contribution is 2.39. The van der Waals surface area contributed by atoms with Crippen LogP contribution in [0.2, 0.25) is 10.6 Å².